The van der Waals surface area contributed by atoms with E-state index in [0.29, 0.717) is 74.4 Å². The van der Waals surface area contributed by atoms with Crippen molar-refractivity contribution in [2.75, 3.05) is 26.4 Å². The summed E-state index contributed by atoms with van der Waals surface area (Å²) in [5.74, 6) is -2.24. The Morgan fingerprint density at radius 3 is 1.11 bits per heavy atom. The highest BCUT2D eigenvalue weighted by atomic mass is 16.6. The number of ether oxygens (including phenoxy) is 4. The zero-order valence-electron chi connectivity index (χ0n) is 25.7. The van der Waals surface area contributed by atoms with E-state index in [1.165, 1.54) is 0 Å². The van der Waals surface area contributed by atoms with Crippen LogP contribution in [0.4, 0.5) is 0 Å². The maximum atomic E-state index is 14.7. The van der Waals surface area contributed by atoms with Gasteiger partial charge in [-0.25, -0.2) is 0 Å². The van der Waals surface area contributed by atoms with Crippen LogP contribution in [0.1, 0.15) is 32.1 Å². The van der Waals surface area contributed by atoms with Crippen molar-refractivity contribution in [1.82, 2.24) is 0 Å². The molecule has 0 radical (unpaired) electrons. The minimum atomic E-state index is -1.48. The van der Waals surface area contributed by atoms with E-state index in [1.807, 2.05) is 48.6 Å². The fourth-order valence-corrected chi connectivity index (χ4v) is 7.58. The molecule has 4 fully saturated rings. The summed E-state index contributed by atoms with van der Waals surface area (Å²) in [6.45, 7) is 2.47. The molecule has 8 aliphatic rings. The van der Waals surface area contributed by atoms with Gasteiger partial charge in [0.05, 0.1) is 56.3 Å². The first kappa shape index (κ1) is 29.8. The molecule has 4 aliphatic heterocycles. The first-order valence-electron chi connectivity index (χ1n) is 16.6. The second-order valence-electron chi connectivity index (χ2n) is 13.7. The maximum Gasteiger partial charge on any atom is 0.167 e. The molecular weight excluding hydrogens is 584 g/mol. The highest BCUT2D eigenvalue weighted by Gasteiger charge is 2.54. The van der Waals surface area contributed by atoms with E-state index < -0.39 is 23.2 Å². The summed E-state index contributed by atoms with van der Waals surface area (Å²) in [4.78, 5) is 58.1. The third-order valence-corrected chi connectivity index (χ3v) is 10.4. The average Bonchev–Trinajstić information content (AvgIpc) is 3.84. The predicted molar refractivity (Wildman–Crippen MR) is 167 cm³/mol. The molecule has 8 unspecified atom stereocenters. The Morgan fingerprint density at radius 2 is 0.783 bits per heavy atom. The summed E-state index contributed by atoms with van der Waals surface area (Å²) >= 11 is 0. The Morgan fingerprint density at radius 1 is 0.478 bits per heavy atom. The number of carbonyl (C=O) groups excluding carboxylic acids is 4. The van der Waals surface area contributed by atoms with E-state index in [0.717, 1.165) is 0 Å². The second-order valence-corrected chi connectivity index (χ2v) is 13.7. The van der Waals surface area contributed by atoms with E-state index in [2.05, 4.69) is 0 Å². The summed E-state index contributed by atoms with van der Waals surface area (Å²) in [5, 5.41) is 0. The normalized spacial score (nSPS) is 37.0. The Labute approximate surface area is 268 Å². The molecule has 4 heterocycles. The van der Waals surface area contributed by atoms with Gasteiger partial charge in [0.15, 0.2) is 23.1 Å². The van der Waals surface area contributed by atoms with Crippen molar-refractivity contribution >= 4 is 23.1 Å². The lowest BCUT2D eigenvalue weighted by Crippen LogP contribution is -2.44. The van der Waals surface area contributed by atoms with Crippen LogP contribution >= 0.6 is 0 Å². The minimum Gasteiger partial charge on any atom is -0.373 e. The number of Topliss-reactive ketones (excluding diaryl/α,β-unsaturated/α-hetero) is 4. The van der Waals surface area contributed by atoms with Gasteiger partial charge < -0.3 is 18.9 Å². The van der Waals surface area contributed by atoms with Gasteiger partial charge in [-0.2, -0.15) is 0 Å². The number of hydrogen-bond acceptors (Lipinski definition) is 8. The van der Waals surface area contributed by atoms with E-state index in [4.69, 9.17) is 18.9 Å². The van der Waals surface area contributed by atoms with Crippen molar-refractivity contribution in [2.24, 2.45) is 29.1 Å². The highest BCUT2D eigenvalue weighted by molar-refractivity contribution is 6.14. The minimum absolute atomic E-state index is 0.00767. The molecule has 8 nitrogen and oxygen atoms in total. The van der Waals surface area contributed by atoms with Crippen molar-refractivity contribution in [3.05, 3.63) is 95.2 Å². The van der Waals surface area contributed by atoms with E-state index >= 15 is 0 Å². The van der Waals surface area contributed by atoms with Gasteiger partial charge in [-0.15, -0.1) is 0 Å². The molecule has 238 valence electrons. The molecule has 0 amide bonds. The lowest BCUT2D eigenvalue weighted by Gasteiger charge is -2.43. The zero-order chi connectivity index (χ0) is 31.4. The molecule has 0 spiro atoms. The van der Waals surface area contributed by atoms with Crippen molar-refractivity contribution in [1.29, 1.82) is 0 Å². The Kier molecular flexibility index (Phi) is 7.72. The number of carbonyl (C=O) groups is 4. The van der Waals surface area contributed by atoms with Crippen LogP contribution in [-0.4, -0.2) is 74.0 Å². The third kappa shape index (κ3) is 5.88. The summed E-state index contributed by atoms with van der Waals surface area (Å²) in [6, 6.07) is 0. The summed E-state index contributed by atoms with van der Waals surface area (Å²) < 4.78 is 21.9. The standard InChI is InChI=1S/C38H38O8/c39-34-22(13-27-18-43-27)5-1-9-26(34)17-38(31-10-2-6-23(35(31)40)14-28-19-44-28,32-11-3-7-24(36(32)41)15-29-20-45-29)33-12-4-8-25(37(33)42)16-30-21-46-30/h1-12,22-25,27-30H,13-21H2. The van der Waals surface area contributed by atoms with Gasteiger partial charge in [0.2, 0.25) is 0 Å². The summed E-state index contributed by atoms with van der Waals surface area (Å²) in [5.41, 5.74) is 0.136. The predicted octanol–water partition coefficient (Wildman–Crippen LogP) is 4.24. The molecule has 8 rings (SSSR count). The smallest absolute Gasteiger partial charge is 0.167 e. The van der Waals surface area contributed by atoms with Gasteiger partial charge in [0.1, 0.15) is 0 Å². The Balaban J connectivity index is 1.27. The van der Waals surface area contributed by atoms with Crippen LogP contribution in [0.15, 0.2) is 95.2 Å². The topological polar surface area (TPSA) is 118 Å². The van der Waals surface area contributed by atoms with Gasteiger partial charge in [0.25, 0.3) is 0 Å². The molecule has 0 saturated carbocycles. The number of epoxide rings is 4. The molecule has 0 aromatic carbocycles. The molecule has 8 atom stereocenters. The molecule has 0 aromatic rings. The van der Waals surface area contributed by atoms with Crippen LogP contribution in [0.5, 0.6) is 0 Å². The first-order valence-corrected chi connectivity index (χ1v) is 16.6. The number of allylic oxidation sites excluding steroid dienone is 16. The zero-order valence-corrected chi connectivity index (χ0v) is 25.7. The quantitative estimate of drug-likeness (QED) is 0.280. The molecule has 0 N–H and O–H groups in total. The van der Waals surface area contributed by atoms with Crippen molar-refractivity contribution in [3.8, 4) is 0 Å². The third-order valence-electron chi connectivity index (χ3n) is 10.4. The van der Waals surface area contributed by atoms with E-state index in [-0.39, 0.29) is 59.9 Å². The van der Waals surface area contributed by atoms with Crippen LogP contribution in [0.3, 0.4) is 0 Å². The molecule has 4 saturated heterocycles. The average molecular weight is 623 g/mol. The molecule has 8 heteroatoms. The largest absolute Gasteiger partial charge is 0.373 e. The maximum absolute atomic E-state index is 14.7. The Bertz CT molecular complexity index is 1460. The second kappa shape index (κ2) is 11.9. The summed E-state index contributed by atoms with van der Waals surface area (Å²) in [7, 11) is 0. The van der Waals surface area contributed by atoms with Gasteiger partial charge in [-0.1, -0.05) is 72.9 Å². The van der Waals surface area contributed by atoms with Crippen molar-refractivity contribution < 1.29 is 38.1 Å². The number of rotatable bonds is 13. The van der Waals surface area contributed by atoms with Gasteiger partial charge in [0, 0.05) is 40.4 Å². The monoisotopic (exact) mass is 622 g/mol. The number of hydrogen-bond donors (Lipinski definition) is 0. The fourth-order valence-electron chi connectivity index (χ4n) is 7.58. The SMILES string of the molecule is O=C1C(CC(C2=CC=CC(CC3CO3)C2=O)(C2=CC=CC(CC3CO3)C2=O)C2=CC=CC(CC3CO3)C2=O)=CC=CC1CC1CO1. The van der Waals surface area contributed by atoms with Crippen LogP contribution in [0.2, 0.25) is 0 Å². The van der Waals surface area contributed by atoms with Crippen LogP contribution in [-0.2, 0) is 38.1 Å². The van der Waals surface area contributed by atoms with Gasteiger partial charge >= 0.3 is 0 Å². The summed E-state index contributed by atoms with van der Waals surface area (Å²) in [6.07, 6.45) is 24.4. The lowest BCUT2D eigenvalue weighted by molar-refractivity contribution is -0.122. The van der Waals surface area contributed by atoms with Crippen molar-refractivity contribution in [2.45, 2.75) is 56.5 Å². The molecule has 4 aliphatic carbocycles. The van der Waals surface area contributed by atoms with Gasteiger partial charge in [-0.05, 0) is 37.7 Å². The van der Waals surface area contributed by atoms with Crippen LogP contribution < -0.4 is 0 Å². The Hall–Kier alpha value is -3.56. The van der Waals surface area contributed by atoms with E-state index in [1.54, 1.807) is 24.3 Å². The fraction of sp³-hybridized carbons (Fsp3) is 0.474. The molecular formula is C38H38O8. The van der Waals surface area contributed by atoms with E-state index in [9.17, 15) is 19.2 Å². The first-order chi connectivity index (χ1) is 22.4. The molecule has 0 bridgehead atoms. The van der Waals surface area contributed by atoms with Gasteiger partial charge in [-0.3, -0.25) is 19.2 Å². The molecule has 0 aromatic heterocycles. The number of ketones is 4. The van der Waals surface area contributed by atoms with Crippen LogP contribution in [0.25, 0.3) is 0 Å². The van der Waals surface area contributed by atoms with Crippen molar-refractivity contribution in [3.63, 3.8) is 0 Å². The molecule has 46 heavy (non-hydrogen) atoms. The lowest BCUT2D eigenvalue weighted by atomic mass is 9.56. The van der Waals surface area contributed by atoms with Crippen LogP contribution in [0, 0.1) is 29.1 Å². The highest BCUT2D eigenvalue weighted by Crippen LogP contribution is 2.54.